The lowest BCUT2D eigenvalue weighted by molar-refractivity contribution is -0.146. The lowest BCUT2D eigenvalue weighted by Gasteiger charge is -2.27. The number of amides is 1. The van der Waals surface area contributed by atoms with E-state index in [4.69, 9.17) is 9.47 Å². The molecule has 0 N–H and O–H groups in total. The number of hydrogen-bond donors (Lipinski definition) is 0. The highest BCUT2D eigenvalue weighted by Crippen LogP contribution is 2.23. The van der Waals surface area contributed by atoms with Crippen LogP contribution in [-0.2, 0) is 23.8 Å². The second-order valence-corrected chi connectivity index (χ2v) is 5.26. The third-order valence-corrected chi connectivity index (χ3v) is 2.61. The van der Waals surface area contributed by atoms with Gasteiger partial charge in [-0.05, 0) is 20.8 Å². The summed E-state index contributed by atoms with van der Waals surface area (Å²) in [5.41, 5.74) is -0.665. The zero-order valence-electron chi connectivity index (χ0n) is 11.5. The van der Waals surface area contributed by atoms with Gasteiger partial charge in [-0.2, -0.15) is 0 Å². The first-order valence-electron chi connectivity index (χ1n) is 5.95. The minimum absolute atomic E-state index is 0.118. The van der Waals surface area contributed by atoms with Gasteiger partial charge in [0.25, 0.3) is 6.47 Å². The van der Waals surface area contributed by atoms with Crippen LogP contribution in [0.1, 0.15) is 27.2 Å². The Kier molecular flexibility index (Phi) is 4.74. The molecule has 0 spiro atoms. The number of ether oxygens (including phenoxy) is 3. The summed E-state index contributed by atoms with van der Waals surface area (Å²) in [5, 5.41) is 0. The maximum absolute atomic E-state index is 12.0. The molecule has 1 amide bonds. The zero-order valence-corrected chi connectivity index (χ0v) is 11.5. The Labute approximate surface area is 111 Å². The number of esters is 1. The summed E-state index contributed by atoms with van der Waals surface area (Å²) in [7, 11) is 1.24. The average Bonchev–Trinajstić information content (AvgIpc) is 2.70. The fraction of sp³-hybridized carbons (Fsp3) is 0.750. The van der Waals surface area contributed by atoms with Crippen molar-refractivity contribution < 1.29 is 28.6 Å². The molecule has 1 rings (SSSR count). The summed E-state index contributed by atoms with van der Waals surface area (Å²) in [5.74, 6) is -0.553. The molecule has 108 valence electrons. The van der Waals surface area contributed by atoms with Crippen molar-refractivity contribution in [1.29, 1.82) is 0 Å². The van der Waals surface area contributed by atoms with E-state index in [9.17, 15) is 14.4 Å². The maximum Gasteiger partial charge on any atom is 0.411 e. The molecule has 1 heterocycles. The second kappa shape index (κ2) is 5.90. The Bertz CT molecular complexity index is 362. The van der Waals surface area contributed by atoms with E-state index in [1.54, 1.807) is 20.8 Å². The van der Waals surface area contributed by atoms with Crippen LogP contribution >= 0.6 is 0 Å². The summed E-state index contributed by atoms with van der Waals surface area (Å²) in [6, 6.07) is -0.787. The Morgan fingerprint density at radius 3 is 2.42 bits per heavy atom. The van der Waals surface area contributed by atoms with Crippen LogP contribution in [0.3, 0.4) is 0 Å². The van der Waals surface area contributed by atoms with E-state index in [-0.39, 0.29) is 13.0 Å². The molecule has 0 bridgehead atoms. The van der Waals surface area contributed by atoms with Gasteiger partial charge in [-0.15, -0.1) is 0 Å². The van der Waals surface area contributed by atoms with Gasteiger partial charge in [0.1, 0.15) is 17.7 Å². The van der Waals surface area contributed by atoms with E-state index >= 15 is 0 Å². The standard InChI is InChI=1S/C12H19NO6/c1-12(2,3)19-11(16)13-6-8(18-7-14)5-9(13)10(15)17-4/h7-9H,5-6H2,1-4H3/t8-,9-/m0/s1. The van der Waals surface area contributed by atoms with Crippen LogP contribution in [-0.4, -0.2) is 54.8 Å². The van der Waals surface area contributed by atoms with Crippen LogP contribution in [0.5, 0.6) is 0 Å². The molecule has 0 radical (unpaired) electrons. The Morgan fingerprint density at radius 1 is 1.32 bits per heavy atom. The zero-order chi connectivity index (χ0) is 14.6. The molecule has 1 fully saturated rings. The van der Waals surface area contributed by atoms with Crippen molar-refractivity contribution in [3.05, 3.63) is 0 Å². The van der Waals surface area contributed by atoms with E-state index in [0.717, 1.165) is 0 Å². The topological polar surface area (TPSA) is 82.1 Å². The second-order valence-electron chi connectivity index (χ2n) is 5.26. The number of likely N-dealkylation sites (tertiary alicyclic amines) is 1. The smallest absolute Gasteiger partial charge is 0.411 e. The van der Waals surface area contributed by atoms with Crippen molar-refractivity contribution in [2.45, 2.75) is 44.9 Å². The molecule has 2 atom stereocenters. The predicted molar refractivity (Wildman–Crippen MR) is 64.3 cm³/mol. The number of methoxy groups -OCH3 is 1. The highest BCUT2D eigenvalue weighted by Gasteiger charge is 2.43. The highest BCUT2D eigenvalue weighted by molar-refractivity contribution is 5.82. The maximum atomic E-state index is 12.0. The van der Waals surface area contributed by atoms with Crippen LogP contribution in [0.2, 0.25) is 0 Å². The molecule has 0 saturated carbocycles. The van der Waals surface area contributed by atoms with Crippen molar-refractivity contribution in [3.63, 3.8) is 0 Å². The Hall–Kier alpha value is -1.79. The van der Waals surface area contributed by atoms with Gasteiger partial charge in [0.15, 0.2) is 0 Å². The quantitative estimate of drug-likeness (QED) is 0.428. The van der Waals surface area contributed by atoms with Crippen molar-refractivity contribution >= 4 is 18.5 Å². The molecule has 1 aliphatic heterocycles. The Morgan fingerprint density at radius 2 is 1.95 bits per heavy atom. The van der Waals surface area contributed by atoms with Crippen molar-refractivity contribution in [3.8, 4) is 0 Å². The van der Waals surface area contributed by atoms with Crippen LogP contribution in [0, 0.1) is 0 Å². The van der Waals surface area contributed by atoms with Crippen LogP contribution in [0.15, 0.2) is 0 Å². The minimum atomic E-state index is -0.787. The summed E-state index contributed by atoms with van der Waals surface area (Å²) >= 11 is 0. The molecule has 0 aliphatic carbocycles. The monoisotopic (exact) mass is 273 g/mol. The van der Waals surface area contributed by atoms with Gasteiger partial charge in [0.05, 0.1) is 13.7 Å². The number of hydrogen-bond acceptors (Lipinski definition) is 6. The number of nitrogens with zero attached hydrogens (tertiary/aromatic N) is 1. The van der Waals surface area contributed by atoms with Crippen molar-refractivity contribution in [1.82, 2.24) is 4.90 Å². The number of rotatable bonds is 3. The van der Waals surface area contributed by atoms with Gasteiger partial charge in [0, 0.05) is 6.42 Å². The third-order valence-electron chi connectivity index (χ3n) is 2.61. The first kappa shape index (κ1) is 15.3. The van der Waals surface area contributed by atoms with Crippen molar-refractivity contribution in [2.24, 2.45) is 0 Å². The molecule has 1 aliphatic rings. The van der Waals surface area contributed by atoms with Gasteiger partial charge in [-0.3, -0.25) is 9.69 Å². The third kappa shape index (κ3) is 4.11. The molecule has 0 aromatic carbocycles. The molecule has 0 aromatic heterocycles. The molecule has 19 heavy (non-hydrogen) atoms. The number of carbonyl (C=O) groups excluding carboxylic acids is 3. The summed E-state index contributed by atoms with van der Waals surface area (Å²) < 4.78 is 14.6. The fourth-order valence-electron chi connectivity index (χ4n) is 1.86. The van der Waals surface area contributed by atoms with E-state index in [1.807, 2.05) is 0 Å². The van der Waals surface area contributed by atoms with Crippen LogP contribution in [0.25, 0.3) is 0 Å². The molecule has 0 unspecified atom stereocenters. The lowest BCUT2D eigenvalue weighted by atomic mass is 10.2. The van der Waals surface area contributed by atoms with Gasteiger partial charge in [-0.25, -0.2) is 9.59 Å². The summed E-state index contributed by atoms with van der Waals surface area (Å²) in [4.78, 5) is 35.2. The molecule has 0 aromatic rings. The van der Waals surface area contributed by atoms with Crippen molar-refractivity contribution in [2.75, 3.05) is 13.7 Å². The largest absolute Gasteiger partial charge is 0.467 e. The molecular formula is C12H19NO6. The first-order chi connectivity index (χ1) is 8.78. The van der Waals surface area contributed by atoms with E-state index < -0.39 is 29.8 Å². The Balaban J connectivity index is 2.79. The van der Waals surface area contributed by atoms with E-state index in [0.29, 0.717) is 6.47 Å². The van der Waals surface area contributed by atoms with Gasteiger partial charge < -0.3 is 14.2 Å². The number of carbonyl (C=O) groups is 3. The van der Waals surface area contributed by atoms with Gasteiger partial charge in [0.2, 0.25) is 0 Å². The van der Waals surface area contributed by atoms with Crippen LogP contribution < -0.4 is 0 Å². The van der Waals surface area contributed by atoms with E-state index in [1.165, 1.54) is 12.0 Å². The molecule has 7 nitrogen and oxygen atoms in total. The normalized spacial score (nSPS) is 22.8. The SMILES string of the molecule is COC(=O)[C@@H]1C[C@H](OC=O)CN1C(=O)OC(C)(C)C. The highest BCUT2D eigenvalue weighted by atomic mass is 16.6. The average molecular weight is 273 g/mol. The van der Waals surface area contributed by atoms with Crippen LogP contribution in [0.4, 0.5) is 4.79 Å². The predicted octanol–water partition coefficient (Wildman–Crippen LogP) is 0.710. The van der Waals surface area contributed by atoms with Gasteiger partial charge in [-0.1, -0.05) is 0 Å². The molecule has 7 heteroatoms. The minimum Gasteiger partial charge on any atom is -0.467 e. The summed E-state index contributed by atoms with van der Waals surface area (Å²) in [6.07, 6.45) is -0.931. The summed E-state index contributed by atoms with van der Waals surface area (Å²) in [6.45, 7) is 5.61. The van der Waals surface area contributed by atoms with Gasteiger partial charge >= 0.3 is 12.1 Å². The molecular weight excluding hydrogens is 254 g/mol. The fourth-order valence-corrected chi connectivity index (χ4v) is 1.86. The molecule has 1 saturated heterocycles. The van der Waals surface area contributed by atoms with E-state index in [2.05, 4.69) is 4.74 Å². The first-order valence-corrected chi connectivity index (χ1v) is 5.95. The lowest BCUT2D eigenvalue weighted by Crippen LogP contribution is -2.44.